The normalized spacial score (nSPS) is 18.9. The summed E-state index contributed by atoms with van der Waals surface area (Å²) < 4.78 is 19.1. The van der Waals surface area contributed by atoms with Crippen LogP contribution in [0.3, 0.4) is 0 Å². The van der Waals surface area contributed by atoms with Gasteiger partial charge in [-0.3, -0.25) is 9.58 Å². The summed E-state index contributed by atoms with van der Waals surface area (Å²) in [6.07, 6.45) is 5.33. The number of piperidine rings is 1. The first-order valence-corrected chi connectivity index (χ1v) is 11.0. The van der Waals surface area contributed by atoms with Crippen LogP contribution in [0.4, 0.5) is 0 Å². The molecule has 32 heavy (non-hydrogen) atoms. The molecular weight excluding hydrogens is 406 g/mol. The number of methoxy groups -OCH3 is 1. The van der Waals surface area contributed by atoms with Gasteiger partial charge in [0.1, 0.15) is 24.6 Å². The minimum atomic E-state index is -0.857. The molecule has 1 atom stereocenters. The van der Waals surface area contributed by atoms with E-state index in [2.05, 4.69) is 10.00 Å². The van der Waals surface area contributed by atoms with Crippen LogP contribution in [0.2, 0.25) is 0 Å². The van der Waals surface area contributed by atoms with Crippen LogP contribution in [0.1, 0.15) is 18.4 Å². The lowest BCUT2D eigenvalue weighted by Gasteiger charge is -2.39. The molecule has 0 saturated carbocycles. The van der Waals surface area contributed by atoms with Gasteiger partial charge in [-0.2, -0.15) is 5.10 Å². The number of likely N-dealkylation sites (tertiary alicyclic amines) is 1. The number of benzene rings is 2. The molecule has 0 aliphatic carbocycles. The molecule has 1 N–H and O–H groups in total. The Balaban J connectivity index is 1.34. The zero-order chi connectivity index (χ0) is 22.2. The molecule has 0 unspecified atom stereocenters. The third-order valence-electron chi connectivity index (χ3n) is 5.66. The molecule has 2 aromatic carbocycles. The Morgan fingerprint density at radius 1 is 1.06 bits per heavy atom. The molecule has 1 fully saturated rings. The van der Waals surface area contributed by atoms with E-state index in [1.165, 1.54) is 0 Å². The van der Waals surface area contributed by atoms with Crippen molar-refractivity contribution in [1.82, 2.24) is 14.7 Å². The number of aromatic nitrogens is 2. The summed E-state index contributed by atoms with van der Waals surface area (Å²) in [4.78, 5) is 2.27. The third-order valence-corrected chi connectivity index (χ3v) is 5.66. The van der Waals surface area contributed by atoms with Crippen LogP contribution in [0.5, 0.6) is 17.2 Å². The van der Waals surface area contributed by atoms with Crippen LogP contribution in [-0.2, 0) is 13.1 Å². The van der Waals surface area contributed by atoms with Crippen molar-refractivity contribution in [2.75, 3.05) is 33.4 Å². The molecule has 0 bridgehead atoms. The first-order valence-electron chi connectivity index (χ1n) is 11.0. The Kier molecular flexibility index (Phi) is 7.29. The smallest absolute Gasteiger partial charge is 0.161 e. The van der Waals surface area contributed by atoms with E-state index in [1.54, 1.807) is 13.3 Å². The number of hydrogen-bond donors (Lipinski definition) is 1. The SMILES string of the molecule is COc1ccc(CN2CCC[C@](O)(COc3ccccc3)C2)cc1OCCn1cccn1. The van der Waals surface area contributed by atoms with Gasteiger partial charge < -0.3 is 19.3 Å². The second-order valence-electron chi connectivity index (χ2n) is 8.24. The van der Waals surface area contributed by atoms with Gasteiger partial charge >= 0.3 is 0 Å². The van der Waals surface area contributed by atoms with Gasteiger partial charge in [-0.05, 0) is 55.3 Å². The molecule has 0 radical (unpaired) electrons. The molecule has 1 saturated heterocycles. The van der Waals surface area contributed by atoms with Gasteiger partial charge in [0, 0.05) is 25.5 Å². The van der Waals surface area contributed by atoms with Gasteiger partial charge in [0.25, 0.3) is 0 Å². The van der Waals surface area contributed by atoms with Gasteiger partial charge in [0.2, 0.25) is 0 Å². The predicted molar refractivity (Wildman–Crippen MR) is 122 cm³/mol. The average Bonchev–Trinajstić information content (AvgIpc) is 3.32. The van der Waals surface area contributed by atoms with Crippen LogP contribution in [0.15, 0.2) is 67.0 Å². The van der Waals surface area contributed by atoms with Crippen molar-refractivity contribution < 1.29 is 19.3 Å². The van der Waals surface area contributed by atoms with Crippen LogP contribution in [-0.4, -0.2) is 58.8 Å². The second-order valence-corrected chi connectivity index (χ2v) is 8.24. The Labute approximate surface area is 189 Å². The van der Waals surface area contributed by atoms with Crippen molar-refractivity contribution in [2.24, 2.45) is 0 Å². The molecule has 1 aliphatic heterocycles. The summed E-state index contributed by atoms with van der Waals surface area (Å²) >= 11 is 0. The van der Waals surface area contributed by atoms with E-state index in [-0.39, 0.29) is 6.61 Å². The Morgan fingerprint density at radius 3 is 2.72 bits per heavy atom. The number of hydrogen-bond acceptors (Lipinski definition) is 6. The van der Waals surface area contributed by atoms with Crippen molar-refractivity contribution in [3.63, 3.8) is 0 Å². The molecule has 4 rings (SSSR count). The number of para-hydroxylation sites is 1. The molecule has 3 aromatic rings. The zero-order valence-electron chi connectivity index (χ0n) is 18.5. The standard InChI is InChI=1S/C25H31N3O4/c1-30-23-10-9-21(17-24(23)31-16-15-28-14-6-12-26-28)18-27-13-5-11-25(29,19-27)20-32-22-7-3-2-4-8-22/h2-4,6-10,12,14,17,29H,5,11,13,15-16,18-20H2,1H3/t25-/m1/s1. The summed E-state index contributed by atoms with van der Waals surface area (Å²) in [7, 11) is 1.65. The molecule has 1 aliphatic rings. The summed E-state index contributed by atoms with van der Waals surface area (Å²) in [5, 5.41) is 15.3. The number of rotatable bonds is 10. The van der Waals surface area contributed by atoms with E-state index in [1.807, 2.05) is 65.5 Å². The van der Waals surface area contributed by atoms with Crippen LogP contribution < -0.4 is 14.2 Å². The summed E-state index contributed by atoms with van der Waals surface area (Å²) in [5.41, 5.74) is 0.261. The lowest BCUT2D eigenvalue weighted by molar-refractivity contribution is -0.0621. The summed E-state index contributed by atoms with van der Waals surface area (Å²) in [6, 6.07) is 17.6. The lowest BCUT2D eigenvalue weighted by Crippen LogP contribution is -2.51. The van der Waals surface area contributed by atoms with Crippen molar-refractivity contribution in [3.8, 4) is 17.2 Å². The Morgan fingerprint density at radius 2 is 1.94 bits per heavy atom. The Hall–Kier alpha value is -3.03. The van der Waals surface area contributed by atoms with Crippen molar-refractivity contribution in [3.05, 3.63) is 72.6 Å². The van der Waals surface area contributed by atoms with Crippen molar-refractivity contribution in [2.45, 2.75) is 31.5 Å². The van der Waals surface area contributed by atoms with E-state index in [9.17, 15) is 5.11 Å². The fourth-order valence-electron chi connectivity index (χ4n) is 4.07. The van der Waals surface area contributed by atoms with Crippen LogP contribution in [0.25, 0.3) is 0 Å². The number of nitrogens with zero attached hydrogens (tertiary/aromatic N) is 3. The van der Waals surface area contributed by atoms with E-state index < -0.39 is 5.60 Å². The third kappa shape index (κ3) is 6.02. The fourth-order valence-corrected chi connectivity index (χ4v) is 4.07. The van der Waals surface area contributed by atoms with Gasteiger partial charge in [-0.15, -0.1) is 0 Å². The van der Waals surface area contributed by atoms with Gasteiger partial charge in [0.05, 0.1) is 13.7 Å². The van der Waals surface area contributed by atoms with Gasteiger partial charge in [-0.1, -0.05) is 24.3 Å². The monoisotopic (exact) mass is 437 g/mol. The predicted octanol–water partition coefficient (Wildman–Crippen LogP) is 3.38. The molecule has 7 nitrogen and oxygen atoms in total. The van der Waals surface area contributed by atoms with Gasteiger partial charge in [0.15, 0.2) is 11.5 Å². The number of aliphatic hydroxyl groups is 1. The first-order chi connectivity index (χ1) is 15.6. The largest absolute Gasteiger partial charge is 0.493 e. The zero-order valence-corrected chi connectivity index (χ0v) is 18.5. The van der Waals surface area contributed by atoms with E-state index in [0.29, 0.717) is 25.4 Å². The number of ether oxygens (including phenoxy) is 3. The molecule has 0 spiro atoms. The highest BCUT2D eigenvalue weighted by Gasteiger charge is 2.34. The minimum Gasteiger partial charge on any atom is -0.493 e. The van der Waals surface area contributed by atoms with E-state index >= 15 is 0 Å². The molecule has 2 heterocycles. The maximum absolute atomic E-state index is 11.1. The summed E-state index contributed by atoms with van der Waals surface area (Å²) in [5.74, 6) is 2.21. The average molecular weight is 438 g/mol. The quantitative estimate of drug-likeness (QED) is 0.525. The van der Waals surface area contributed by atoms with E-state index in [4.69, 9.17) is 14.2 Å². The highest BCUT2D eigenvalue weighted by Crippen LogP contribution is 2.30. The number of β-amino-alcohol motifs (C(OH)–C–C–N with tert-alkyl or cyclic N) is 1. The second kappa shape index (κ2) is 10.5. The maximum atomic E-state index is 11.1. The highest BCUT2D eigenvalue weighted by atomic mass is 16.5. The van der Waals surface area contributed by atoms with Crippen LogP contribution in [0, 0.1) is 0 Å². The molecule has 0 amide bonds. The minimum absolute atomic E-state index is 0.290. The maximum Gasteiger partial charge on any atom is 0.161 e. The van der Waals surface area contributed by atoms with E-state index in [0.717, 1.165) is 43.0 Å². The highest BCUT2D eigenvalue weighted by molar-refractivity contribution is 5.43. The summed E-state index contributed by atoms with van der Waals surface area (Å²) in [6.45, 7) is 3.70. The lowest BCUT2D eigenvalue weighted by atomic mass is 9.93. The fraction of sp³-hybridized carbons (Fsp3) is 0.400. The molecular formula is C25H31N3O4. The Bertz CT molecular complexity index is 965. The topological polar surface area (TPSA) is 69.0 Å². The van der Waals surface area contributed by atoms with Crippen molar-refractivity contribution in [1.29, 1.82) is 0 Å². The molecule has 1 aromatic heterocycles. The molecule has 170 valence electrons. The van der Waals surface area contributed by atoms with Gasteiger partial charge in [-0.25, -0.2) is 0 Å². The van der Waals surface area contributed by atoms with Crippen LogP contribution >= 0.6 is 0 Å². The molecule has 7 heteroatoms. The first kappa shape index (κ1) is 22.2. The van der Waals surface area contributed by atoms with Crippen molar-refractivity contribution >= 4 is 0 Å².